The highest BCUT2D eigenvalue weighted by Gasteiger charge is 2.52. The molecule has 0 spiro atoms. The Bertz CT molecular complexity index is 2010. The third-order valence-electron chi connectivity index (χ3n) is 9.02. The smallest absolute Gasteiger partial charge is 0.260 e. The van der Waals surface area contributed by atoms with Crippen molar-refractivity contribution in [3.8, 4) is 11.1 Å². The summed E-state index contributed by atoms with van der Waals surface area (Å²) in [5.41, 5.74) is 1.43. The Hall–Kier alpha value is -4.37. The van der Waals surface area contributed by atoms with Crippen molar-refractivity contribution in [3.05, 3.63) is 83.0 Å². The molecule has 0 bridgehead atoms. The topological polar surface area (TPSA) is 151 Å². The summed E-state index contributed by atoms with van der Waals surface area (Å²) >= 11 is 12.6. The summed E-state index contributed by atoms with van der Waals surface area (Å²) in [5, 5.41) is 3.13. The fourth-order valence-corrected chi connectivity index (χ4v) is 8.70. The van der Waals surface area contributed by atoms with Crippen molar-refractivity contribution < 1.29 is 22.8 Å². The second-order valence-electron chi connectivity index (χ2n) is 12.2. The van der Waals surface area contributed by atoms with Crippen LogP contribution < -0.4 is 10.2 Å². The maximum atomic E-state index is 14.5. The van der Waals surface area contributed by atoms with Crippen LogP contribution in [0.5, 0.6) is 0 Å². The monoisotopic (exact) mass is 708 g/mol. The minimum absolute atomic E-state index is 0.0399. The molecule has 3 aliphatic rings. The van der Waals surface area contributed by atoms with Gasteiger partial charge < -0.3 is 10.2 Å². The number of halogens is 2. The molecule has 4 aromatic rings. The summed E-state index contributed by atoms with van der Waals surface area (Å²) in [6.45, 7) is 2.09. The minimum Gasteiger partial charge on any atom is -0.344 e. The summed E-state index contributed by atoms with van der Waals surface area (Å²) in [6.07, 6.45) is 6.97. The first-order chi connectivity index (χ1) is 23.0. The number of sulfonamides is 1. The Morgan fingerprint density at radius 3 is 2.25 bits per heavy atom. The van der Waals surface area contributed by atoms with Gasteiger partial charge in [0.15, 0.2) is 5.03 Å². The molecule has 13 nitrogen and oxygen atoms in total. The Kier molecular flexibility index (Phi) is 8.22. The zero-order chi connectivity index (χ0) is 33.8. The van der Waals surface area contributed by atoms with Gasteiger partial charge in [0.1, 0.15) is 17.9 Å². The lowest BCUT2D eigenvalue weighted by Gasteiger charge is -2.35. The number of carbonyl (C=O) groups is 3. The van der Waals surface area contributed by atoms with E-state index in [9.17, 15) is 22.8 Å². The number of imidazole rings is 1. The van der Waals surface area contributed by atoms with Crippen molar-refractivity contribution in [2.45, 2.75) is 42.8 Å². The fraction of sp³-hybridized carbons (Fsp3) is 0.312. The number of nitrogens with one attached hydrogen (secondary N) is 1. The summed E-state index contributed by atoms with van der Waals surface area (Å²) in [7, 11) is -4.19. The summed E-state index contributed by atoms with van der Waals surface area (Å²) in [4.78, 5) is 54.6. The molecule has 5 heterocycles. The van der Waals surface area contributed by atoms with E-state index in [0.717, 1.165) is 16.7 Å². The lowest BCUT2D eigenvalue weighted by molar-refractivity contribution is -0.135. The molecule has 2 saturated heterocycles. The number of rotatable bonds is 7. The van der Waals surface area contributed by atoms with Gasteiger partial charge in [0.05, 0.1) is 11.9 Å². The molecule has 3 aliphatic heterocycles. The zero-order valence-electron chi connectivity index (χ0n) is 25.7. The molecule has 0 radical (unpaired) electrons. The minimum atomic E-state index is -4.19. The molecule has 3 amide bonds. The van der Waals surface area contributed by atoms with E-state index in [2.05, 4.69) is 20.3 Å². The van der Waals surface area contributed by atoms with Crippen LogP contribution >= 0.6 is 23.2 Å². The molecular formula is C32H30Cl2N8O5S. The van der Waals surface area contributed by atoms with E-state index < -0.39 is 27.5 Å². The number of benzene rings is 2. The number of nitrogens with zero attached hydrogens (tertiary/aromatic N) is 7. The fourth-order valence-electron chi connectivity index (χ4n) is 6.58. The van der Waals surface area contributed by atoms with Crippen molar-refractivity contribution >= 4 is 62.6 Å². The van der Waals surface area contributed by atoms with Crippen molar-refractivity contribution in [3.63, 3.8) is 0 Å². The molecule has 2 aromatic heterocycles. The molecule has 2 aromatic carbocycles. The predicted molar refractivity (Wildman–Crippen MR) is 177 cm³/mol. The van der Waals surface area contributed by atoms with Crippen LogP contribution in [0.15, 0.2) is 72.4 Å². The van der Waals surface area contributed by atoms with Gasteiger partial charge in [-0.25, -0.2) is 28.3 Å². The number of carbonyl (C=O) groups excluding carboxylic acids is 3. The molecule has 2 fully saturated rings. The Morgan fingerprint density at radius 1 is 0.958 bits per heavy atom. The molecule has 1 N–H and O–H groups in total. The van der Waals surface area contributed by atoms with Crippen LogP contribution in [0.1, 0.15) is 25.3 Å². The maximum absolute atomic E-state index is 14.5. The molecule has 2 atom stereocenters. The second-order valence-corrected chi connectivity index (χ2v) is 14.9. The summed E-state index contributed by atoms with van der Waals surface area (Å²) in [5.74, 6) is -0.682. The van der Waals surface area contributed by atoms with E-state index in [1.807, 2.05) is 24.3 Å². The number of amides is 3. The number of hydrogen-bond acceptors (Lipinski definition) is 8. The average molecular weight is 710 g/mol. The van der Waals surface area contributed by atoms with Crippen LogP contribution in [0, 0.1) is 0 Å². The molecule has 16 heteroatoms. The van der Waals surface area contributed by atoms with E-state index in [0.29, 0.717) is 28.6 Å². The van der Waals surface area contributed by atoms with Gasteiger partial charge in [-0.1, -0.05) is 47.5 Å². The zero-order valence-corrected chi connectivity index (χ0v) is 28.0. The van der Waals surface area contributed by atoms with E-state index >= 15 is 0 Å². The van der Waals surface area contributed by atoms with Gasteiger partial charge >= 0.3 is 0 Å². The Morgan fingerprint density at radius 2 is 1.62 bits per heavy atom. The van der Waals surface area contributed by atoms with Crippen molar-refractivity contribution in [2.75, 3.05) is 31.1 Å². The lowest BCUT2D eigenvalue weighted by Crippen LogP contribution is -2.54. The van der Waals surface area contributed by atoms with Crippen LogP contribution in [-0.4, -0.2) is 87.1 Å². The molecular weight excluding hydrogens is 679 g/mol. The molecule has 7 rings (SSSR count). The SMILES string of the molecule is C[C@@]1(Cc2ccc(-c3cncnc3)cc2)C(=O)N(c2cc(Cl)cc(Cl)c2)c2ncc(S(=O)(=O)N3CCN(C(=O)C4CCC(=O)N4)CC3)n21. The number of anilines is 2. The molecule has 0 aliphatic carbocycles. The second kappa shape index (κ2) is 12.3. The number of piperazine rings is 1. The third-order valence-corrected chi connectivity index (χ3v) is 11.3. The van der Waals surface area contributed by atoms with E-state index in [4.69, 9.17) is 23.2 Å². The third kappa shape index (κ3) is 5.62. The van der Waals surface area contributed by atoms with Gasteiger partial charge in [-0.2, -0.15) is 4.31 Å². The van der Waals surface area contributed by atoms with Crippen LogP contribution in [0.4, 0.5) is 11.6 Å². The highest BCUT2D eigenvalue weighted by molar-refractivity contribution is 7.89. The van der Waals surface area contributed by atoms with Gasteiger partial charge in [-0.05, 0) is 42.7 Å². The molecule has 1 unspecified atom stereocenters. The van der Waals surface area contributed by atoms with Gasteiger partial charge in [0.2, 0.25) is 17.8 Å². The number of aromatic nitrogens is 4. The van der Waals surface area contributed by atoms with Crippen LogP contribution in [0.25, 0.3) is 11.1 Å². The largest absolute Gasteiger partial charge is 0.344 e. The number of hydrogen-bond donors (Lipinski definition) is 1. The van der Waals surface area contributed by atoms with Crippen LogP contribution in [0.2, 0.25) is 10.0 Å². The highest BCUT2D eigenvalue weighted by atomic mass is 35.5. The first kappa shape index (κ1) is 32.2. The van der Waals surface area contributed by atoms with E-state index in [-0.39, 0.29) is 55.4 Å². The first-order valence-electron chi connectivity index (χ1n) is 15.3. The quantitative estimate of drug-likeness (QED) is 0.307. The summed E-state index contributed by atoms with van der Waals surface area (Å²) < 4.78 is 31.4. The van der Waals surface area contributed by atoms with Gasteiger partial charge in [-0.3, -0.25) is 19.0 Å². The molecule has 48 heavy (non-hydrogen) atoms. The Balaban J connectivity index is 1.22. The average Bonchev–Trinajstić information content (AvgIpc) is 3.77. The number of fused-ring (bicyclic) bond motifs is 1. The van der Waals surface area contributed by atoms with Crippen molar-refractivity contribution in [1.29, 1.82) is 0 Å². The van der Waals surface area contributed by atoms with E-state index in [1.165, 1.54) is 26.3 Å². The standard InChI is InChI=1S/C32H30Cl2N8O5S/c1-32(15-20-2-4-21(5-3-20)22-16-35-19-36-17-22)30(45)41(25-13-23(33)12-24(34)14-25)31-37-18-28(42(31)32)48(46,47)40-10-8-39(9-11-40)29(44)26-6-7-27(43)38-26/h2-5,12-14,16-19,26H,6-11,15H2,1H3,(H,38,43)/t26?,32-/m1/s1. The maximum Gasteiger partial charge on any atom is 0.260 e. The normalized spacial score (nSPS) is 21.4. The summed E-state index contributed by atoms with van der Waals surface area (Å²) in [6, 6.07) is 11.7. The lowest BCUT2D eigenvalue weighted by atomic mass is 9.91. The van der Waals surface area contributed by atoms with Gasteiger partial charge in [-0.15, -0.1) is 0 Å². The van der Waals surface area contributed by atoms with Crippen molar-refractivity contribution in [1.82, 2.24) is 34.0 Å². The first-order valence-corrected chi connectivity index (χ1v) is 17.5. The highest BCUT2D eigenvalue weighted by Crippen LogP contribution is 2.45. The molecule has 0 saturated carbocycles. The van der Waals surface area contributed by atoms with Gasteiger partial charge in [0, 0.05) is 67.0 Å². The van der Waals surface area contributed by atoms with Gasteiger partial charge in [0.25, 0.3) is 15.9 Å². The van der Waals surface area contributed by atoms with E-state index in [1.54, 1.807) is 42.4 Å². The van der Waals surface area contributed by atoms with Crippen LogP contribution in [0.3, 0.4) is 0 Å². The van der Waals surface area contributed by atoms with Crippen molar-refractivity contribution in [2.24, 2.45) is 0 Å². The van der Waals surface area contributed by atoms with Crippen LogP contribution in [-0.2, 0) is 36.4 Å². The predicted octanol–water partition coefficient (Wildman–Crippen LogP) is 3.39. The Labute approximate surface area is 286 Å². The molecule has 248 valence electrons.